The van der Waals surface area contributed by atoms with Gasteiger partial charge in [0.2, 0.25) is 0 Å². The topological polar surface area (TPSA) is 9.23 Å². The predicted molar refractivity (Wildman–Crippen MR) is 142 cm³/mol. The van der Waals surface area contributed by atoms with Crippen molar-refractivity contribution in [3.63, 3.8) is 0 Å². The molecule has 0 aliphatic rings. The van der Waals surface area contributed by atoms with Crippen LogP contribution in [0.2, 0.25) is 0 Å². The first-order chi connectivity index (χ1) is 18.6. The maximum Gasteiger partial charge on any atom is 0.422 e. The van der Waals surface area contributed by atoms with E-state index in [1.165, 1.54) is 24.3 Å². The van der Waals surface area contributed by atoms with Crippen LogP contribution in [0.5, 0.6) is 5.75 Å². The first-order valence-corrected chi connectivity index (χ1v) is 12.7. The largest absolute Gasteiger partial charge is 0.484 e. The molecule has 0 atom stereocenters. The van der Waals surface area contributed by atoms with Gasteiger partial charge in [-0.25, -0.2) is 13.2 Å². The Morgan fingerprint density at radius 3 is 2.03 bits per heavy atom. The van der Waals surface area contributed by atoms with Gasteiger partial charge in [-0.3, -0.25) is 0 Å². The molecule has 7 heteroatoms. The van der Waals surface area contributed by atoms with Gasteiger partial charge in [0, 0.05) is 10.9 Å². The molecule has 0 amide bonds. The Bertz CT molecular complexity index is 1420. The molecule has 0 aromatic heterocycles. The molecule has 1 nitrogen and oxygen atoms in total. The van der Waals surface area contributed by atoms with Gasteiger partial charge in [0.15, 0.2) is 6.61 Å². The van der Waals surface area contributed by atoms with Crippen LogP contribution in [0, 0.1) is 17.5 Å². The zero-order chi connectivity index (χ0) is 28.0. The molecule has 0 fully saturated rings. The Hall–Kier alpha value is -3.74. The van der Waals surface area contributed by atoms with Gasteiger partial charge in [0.1, 0.15) is 23.2 Å². The third-order valence-electron chi connectivity index (χ3n) is 6.61. The minimum atomic E-state index is -4.40. The SMILES string of the molecule is C=CCCc1cc(F)c(CCc2ccc3c(F)c(CCc4ccc(OCC(F)(F)F)cc4)ccc3c2)c(F)c1. The summed E-state index contributed by atoms with van der Waals surface area (Å²) in [6.45, 7) is 2.27. The van der Waals surface area contributed by atoms with Crippen LogP contribution in [0.1, 0.15) is 34.2 Å². The number of hydrogen-bond acceptors (Lipinski definition) is 1. The fourth-order valence-electron chi connectivity index (χ4n) is 4.51. The predicted octanol–water partition coefficient (Wildman–Crippen LogP) is 8.89. The van der Waals surface area contributed by atoms with Crippen LogP contribution in [-0.2, 0) is 32.1 Å². The molecule has 204 valence electrons. The molecule has 0 saturated heterocycles. The van der Waals surface area contributed by atoms with E-state index < -0.39 is 24.4 Å². The number of hydrogen-bond donors (Lipinski definition) is 0. The smallest absolute Gasteiger partial charge is 0.422 e. The minimum absolute atomic E-state index is 0.0407. The maximum absolute atomic E-state index is 15.2. The normalized spacial score (nSPS) is 11.6. The molecule has 4 rings (SSSR count). The highest BCUT2D eigenvalue weighted by Gasteiger charge is 2.28. The number of fused-ring (bicyclic) bond motifs is 1. The number of aryl methyl sites for hydroxylation is 4. The number of ether oxygens (including phenoxy) is 1. The number of rotatable bonds is 11. The fraction of sp³-hybridized carbons (Fsp3) is 0.250. The summed E-state index contributed by atoms with van der Waals surface area (Å²) < 4.78 is 85.9. The molecule has 0 spiro atoms. The molecular formula is C32H28F6O. The number of allylic oxidation sites excluding steroid dienone is 1. The molecule has 0 unspecified atom stereocenters. The van der Waals surface area contributed by atoms with Crippen molar-refractivity contribution in [2.45, 2.75) is 44.7 Å². The third-order valence-corrected chi connectivity index (χ3v) is 6.61. The number of halogens is 6. The van der Waals surface area contributed by atoms with Crippen LogP contribution in [0.3, 0.4) is 0 Å². The van der Waals surface area contributed by atoms with E-state index in [9.17, 15) is 22.0 Å². The van der Waals surface area contributed by atoms with Crippen LogP contribution in [0.15, 0.2) is 79.4 Å². The standard InChI is InChI=1S/C32H28F6O/c1-2-3-4-23-18-29(33)28(30(34)19-23)16-9-22-8-15-27-25(17-22)12-11-24(31(27)35)10-5-21-6-13-26(14-7-21)39-20-32(36,37)38/h2,6-8,11-15,17-19H,1,3-5,9-10,16,20H2. The van der Waals surface area contributed by atoms with Crippen molar-refractivity contribution in [3.8, 4) is 5.75 Å². The monoisotopic (exact) mass is 542 g/mol. The summed E-state index contributed by atoms with van der Waals surface area (Å²) in [4.78, 5) is 0. The molecule has 0 N–H and O–H groups in total. The van der Waals surface area contributed by atoms with Crippen LogP contribution in [-0.4, -0.2) is 12.8 Å². The number of benzene rings is 4. The van der Waals surface area contributed by atoms with E-state index in [-0.39, 0.29) is 23.6 Å². The van der Waals surface area contributed by atoms with Crippen molar-refractivity contribution in [1.82, 2.24) is 0 Å². The van der Waals surface area contributed by atoms with Crippen molar-refractivity contribution in [2.24, 2.45) is 0 Å². The summed E-state index contributed by atoms with van der Waals surface area (Å²) in [5.41, 5.74) is 2.85. The van der Waals surface area contributed by atoms with E-state index in [0.717, 1.165) is 11.1 Å². The Morgan fingerprint density at radius 2 is 1.36 bits per heavy atom. The Balaban J connectivity index is 1.39. The Kier molecular flexibility index (Phi) is 9.00. The summed E-state index contributed by atoms with van der Waals surface area (Å²) in [7, 11) is 0. The first-order valence-electron chi connectivity index (χ1n) is 12.7. The van der Waals surface area contributed by atoms with Crippen molar-refractivity contribution in [2.75, 3.05) is 6.61 Å². The van der Waals surface area contributed by atoms with Gasteiger partial charge < -0.3 is 4.74 Å². The first kappa shape index (κ1) is 28.3. The second-order valence-corrected chi connectivity index (χ2v) is 9.51. The van der Waals surface area contributed by atoms with Gasteiger partial charge in [-0.2, -0.15) is 13.2 Å². The summed E-state index contributed by atoms with van der Waals surface area (Å²) in [5, 5.41) is 1.15. The summed E-state index contributed by atoms with van der Waals surface area (Å²) in [6, 6.07) is 17.8. The Morgan fingerprint density at radius 1 is 0.692 bits per heavy atom. The van der Waals surface area contributed by atoms with E-state index in [4.69, 9.17) is 4.74 Å². The highest BCUT2D eigenvalue weighted by molar-refractivity contribution is 5.84. The fourth-order valence-corrected chi connectivity index (χ4v) is 4.51. The molecule has 4 aromatic carbocycles. The average molecular weight is 543 g/mol. The zero-order valence-electron chi connectivity index (χ0n) is 21.3. The van der Waals surface area contributed by atoms with E-state index in [0.29, 0.717) is 54.0 Å². The Labute approximate surface area is 223 Å². The minimum Gasteiger partial charge on any atom is -0.484 e. The molecule has 0 aliphatic carbocycles. The van der Waals surface area contributed by atoms with Gasteiger partial charge in [0.05, 0.1) is 0 Å². The van der Waals surface area contributed by atoms with Gasteiger partial charge >= 0.3 is 6.18 Å². The van der Waals surface area contributed by atoms with Crippen LogP contribution in [0.4, 0.5) is 26.3 Å². The lowest BCUT2D eigenvalue weighted by molar-refractivity contribution is -0.153. The summed E-state index contributed by atoms with van der Waals surface area (Å²) in [6.07, 6.45) is -0.0186. The molecule has 4 aromatic rings. The molecule has 0 bridgehead atoms. The molecule has 39 heavy (non-hydrogen) atoms. The molecule has 0 saturated carbocycles. The van der Waals surface area contributed by atoms with Crippen molar-refractivity contribution in [1.29, 1.82) is 0 Å². The highest BCUT2D eigenvalue weighted by Crippen LogP contribution is 2.26. The third kappa shape index (κ3) is 7.65. The lowest BCUT2D eigenvalue weighted by atomic mass is 9.96. The van der Waals surface area contributed by atoms with Crippen molar-refractivity contribution in [3.05, 3.63) is 125 Å². The van der Waals surface area contributed by atoms with Crippen LogP contribution < -0.4 is 4.74 Å². The van der Waals surface area contributed by atoms with Crippen molar-refractivity contribution < 1.29 is 31.1 Å². The van der Waals surface area contributed by atoms with Crippen molar-refractivity contribution >= 4 is 10.8 Å². The molecule has 0 heterocycles. The van der Waals surface area contributed by atoms with Gasteiger partial charge in [-0.05, 0) is 90.4 Å². The van der Waals surface area contributed by atoms with E-state index in [2.05, 4.69) is 6.58 Å². The van der Waals surface area contributed by atoms with Crippen LogP contribution >= 0.6 is 0 Å². The highest BCUT2D eigenvalue weighted by atomic mass is 19.4. The lowest BCUT2D eigenvalue weighted by Gasteiger charge is -2.11. The van der Waals surface area contributed by atoms with Gasteiger partial charge in [-0.1, -0.05) is 48.5 Å². The van der Waals surface area contributed by atoms with Gasteiger partial charge in [-0.15, -0.1) is 6.58 Å². The molecule has 0 aliphatic heterocycles. The second kappa shape index (κ2) is 12.4. The molecule has 0 radical (unpaired) electrons. The maximum atomic E-state index is 15.2. The summed E-state index contributed by atoms with van der Waals surface area (Å²) >= 11 is 0. The summed E-state index contributed by atoms with van der Waals surface area (Å²) in [5.74, 6) is -1.34. The zero-order valence-corrected chi connectivity index (χ0v) is 21.3. The number of alkyl halides is 3. The quantitative estimate of drug-likeness (QED) is 0.136. The lowest BCUT2D eigenvalue weighted by Crippen LogP contribution is -2.19. The van der Waals surface area contributed by atoms with E-state index >= 15 is 4.39 Å². The van der Waals surface area contributed by atoms with E-state index in [1.807, 2.05) is 12.1 Å². The van der Waals surface area contributed by atoms with E-state index in [1.54, 1.807) is 36.4 Å². The van der Waals surface area contributed by atoms with Crippen LogP contribution in [0.25, 0.3) is 10.8 Å². The molecular weight excluding hydrogens is 514 g/mol. The second-order valence-electron chi connectivity index (χ2n) is 9.51. The average Bonchev–Trinajstić information content (AvgIpc) is 2.90. The van der Waals surface area contributed by atoms with Gasteiger partial charge in [0.25, 0.3) is 0 Å².